The van der Waals surface area contributed by atoms with Crippen LogP contribution in [-0.4, -0.2) is 34.9 Å². The minimum absolute atomic E-state index is 0.0116. The second kappa shape index (κ2) is 8.05. The number of likely N-dealkylation sites (N-methyl/N-ethyl adjacent to an activating group) is 1. The predicted molar refractivity (Wildman–Crippen MR) is 113 cm³/mol. The maximum Gasteiger partial charge on any atom is 0.246 e. The summed E-state index contributed by atoms with van der Waals surface area (Å²) >= 11 is 0. The number of nitrogens with one attached hydrogen (secondary N) is 1. The van der Waals surface area contributed by atoms with E-state index >= 15 is 0 Å². The van der Waals surface area contributed by atoms with E-state index in [-0.39, 0.29) is 18.4 Å². The molecule has 1 aromatic heterocycles. The van der Waals surface area contributed by atoms with Gasteiger partial charge >= 0.3 is 0 Å². The topological polar surface area (TPSA) is 54.3 Å². The molecule has 1 heterocycles. The Morgan fingerprint density at radius 2 is 1.93 bits per heavy atom. The summed E-state index contributed by atoms with van der Waals surface area (Å²) in [4.78, 5) is 26.2. The molecule has 2 amide bonds. The van der Waals surface area contributed by atoms with Crippen LogP contribution in [0.5, 0.6) is 0 Å². The summed E-state index contributed by atoms with van der Waals surface area (Å²) in [6, 6.07) is 8.52. The maximum atomic E-state index is 12.4. The highest BCUT2D eigenvalue weighted by molar-refractivity contribution is 5.98. The molecule has 1 fully saturated rings. The fourth-order valence-corrected chi connectivity index (χ4v) is 3.52. The lowest BCUT2D eigenvalue weighted by Gasteiger charge is -2.16. The molecule has 2 aromatic rings. The lowest BCUT2D eigenvalue weighted by atomic mass is 10.1. The highest BCUT2D eigenvalue weighted by atomic mass is 16.2. The lowest BCUT2D eigenvalue weighted by molar-refractivity contribution is -0.129. The minimum Gasteiger partial charge on any atom is -0.346 e. The van der Waals surface area contributed by atoms with Gasteiger partial charge in [-0.3, -0.25) is 9.59 Å². The first-order chi connectivity index (χ1) is 13.3. The van der Waals surface area contributed by atoms with Crippen LogP contribution in [0.2, 0.25) is 0 Å². The summed E-state index contributed by atoms with van der Waals surface area (Å²) in [6.45, 7) is 8.19. The highest BCUT2D eigenvalue weighted by Gasteiger charge is 2.26. The van der Waals surface area contributed by atoms with E-state index in [0.717, 1.165) is 22.4 Å². The molecule has 0 bridgehead atoms. The average molecular weight is 380 g/mol. The van der Waals surface area contributed by atoms with E-state index in [1.165, 1.54) is 29.1 Å². The molecule has 5 nitrogen and oxygen atoms in total. The number of amides is 2. The van der Waals surface area contributed by atoms with E-state index < -0.39 is 0 Å². The van der Waals surface area contributed by atoms with E-state index in [2.05, 4.69) is 29.8 Å². The number of hydrogen-bond acceptors (Lipinski definition) is 2. The number of rotatable bonds is 6. The van der Waals surface area contributed by atoms with Crippen molar-refractivity contribution in [3.05, 3.63) is 58.4 Å². The van der Waals surface area contributed by atoms with Crippen LogP contribution in [0.1, 0.15) is 47.0 Å². The van der Waals surface area contributed by atoms with Gasteiger partial charge in [-0.15, -0.1) is 0 Å². The Hall–Kier alpha value is -2.82. The van der Waals surface area contributed by atoms with Gasteiger partial charge in [0.15, 0.2) is 0 Å². The second-order valence-electron chi connectivity index (χ2n) is 7.75. The summed E-state index contributed by atoms with van der Waals surface area (Å²) < 4.78 is 2.35. The standard InChI is InChI=1S/C23H29N3O2/c1-15-7-6-8-21(17(15)3)24-22(27)14-25(5)23(28)12-9-19-13-16(2)26(18(19)4)20-10-11-20/h6-9,12-13,20H,10-11,14H2,1-5H3,(H,24,27)/b12-9+. The van der Waals surface area contributed by atoms with Crippen molar-refractivity contribution in [2.75, 3.05) is 18.9 Å². The smallest absolute Gasteiger partial charge is 0.246 e. The van der Waals surface area contributed by atoms with Crippen LogP contribution in [0, 0.1) is 27.7 Å². The molecule has 0 aliphatic heterocycles. The third kappa shape index (κ3) is 4.35. The van der Waals surface area contributed by atoms with E-state index in [9.17, 15) is 9.59 Å². The molecule has 5 heteroatoms. The lowest BCUT2D eigenvalue weighted by Crippen LogP contribution is -2.34. The number of nitrogens with zero attached hydrogens (tertiary/aromatic N) is 2. The van der Waals surface area contributed by atoms with Crippen LogP contribution in [0.4, 0.5) is 5.69 Å². The Morgan fingerprint density at radius 3 is 2.61 bits per heavy atom. The quantitative estimate of drug-likeness (QED) is 0.766. The Balaban J connectivity index is 1.60. The first-order valence-electron chi connectivity index (χ1n) is 9.75. The molecule has 28 heavy (non-hydrogen) atoms. The van der Waals surface area contributed by atoms with Crippen molar-refractivity contribution < 1.29 is 9.59 Å². The number of hydrogen-bond donors (Lipinski definition) is 1. The van der Waals surface area contributed by atoms with Gasteiger partial charge in [0, 0.05) is 36.2 Å². The van der Waals surface area contributed by atoms with Gasteiger partial charge in [0.25, 0.3) is 0 Å². The molecule has 3 rings (SSSR count). The van der Waals surface area contributed by atoms with Crippen LogP contribution in [0.3, 0.4) is 0 Å². The Bertz CT molecular complexity index is 936. The number of anilines is 1. The first kappa shape index (κ1) is 19.9. The molecule has 0 radical (unpaired) electrons. The van der Waals surface area contributed by atoms with Crippen molar-refractivity contribution in [2.45, 2.75) is 46.6 Å². The molecule has 148 valence electrons. The summed E-state index contributed by atoms with van der Waals surface area (Å²) in [5.74, 6) is -0.391. The Morgan fingerprint density at radius 1 is 1.21 bits per heavy atom. The number of carbonyl (C=O) groups excluding carboxylic acids is 2. The van der Waals surface area contributed by atoms with Crippen LogP contribution < -0.4 is 5.32 Å². The second-order valence-corrected chi connectivity index (χ2v) is 7.75. The predicted octanol–water partition coefficient (Wildman–Crippen LogP) is 4.17. The number of aromatic nitrogens is 1. The van der Waals surface area contributed by atoms with Gasteiger partial charge in [-0.05, 0) is 75.4 Å². The van der Waals surface area contributed by atoms with Crippen molar-refractivity contribution in [2.24, 2.45) is 0 Å². The van der Waals surface area contributed by atoms with Crippen molar-refractivity contribution in [1.29, 1.82) is 0 Å². The Labute approximate surface area is 167 Å². The zero-order valence-corrected chi connectivity index (χ0v) is 17.4. The fraction of sp³-hybridized carbons (Fsp3) is 0.391. The van der Waals surface area contributed by atoms with Gasteiger partial charge in [-0.25, -0.2) is 0 Å². The van der Waals surface area contributed by atoms with E-state index in [1.54, 1.807) is 13.1 Å². The third-order valence-corrected chi connectivity index (χ3v) is 5.48. The molecule has 1 aliphatic carbocycles. The largest absolute Gasteiger partial charge is 0.346 e. The summed E-state index contributed by atoms with van der Waals surface area (Å²) in [5.41, 5.74) is 6.43. The average Bonchev–Trinajstić information content (AvgIpc) is 3.42. The van der Waals surface area contributed by atoms with Gasteiger partial charge in [-0.1, -0.05) is 12.1 Å². The zero-order valence-electron chi connectivity index (χ0n) is 17.4. The normalized spacial score (nSPS) is 13.8. The van der Waals surface area contributed by atoms with E-state index in [1.807, 2.05) is 38.1 Å². The van der Waals surface area contributed by atoms with Crippen molar-refractivity contribution in [3.63, 3.8) is 0 Å². The third-order valence-electron chi connectivity index (χ3n) is 5.48. The van der Waals surface area contributed by atoms with Crippen LogP contribution in [0.15, 0.2) is 30.3 Å². The van der Waals surface area contributed by atoms with Gasteiger partial charge < -0.3 is 14.8 Å². The van der Waals surface area contributed by atoms with Crippen molar-refractivity contribution >= 4 is 23.6 Å². The summed E-state index contributed by atoms with van der Waals surface area (Å²) in [6.07, 6.45) is 5.86. The molecule has 0 saturated heterocycles. The van der Waals surface area contributed by atoms with Gasteiger partial charge in [0.05, 0.1) is 6.54 Å². The number of aryl methyl sites for hydroxylation is 2. The molecule has 0 unspecified atom stereocenters. The SMILES string of the molecule is Cc1cccc(NC(=O)CN(C)C(=O)/C=C/c2cc(C)n(C3CC3)c2C)c1C. The van der Waals surface area contributed by atoms with E-state index in [0.29, 0.717) is 6.04 Å². The molecule has 1 saturated carbocycles. The molecule has 0 spiro atoms. The molecule has 1 aromatic carbocycles. The van der Waals surface area contributed by atoms with Crippen molar-refractivity contribution in [3.8, 4) is 0 Å². The zero-order chi connectivity index (χ0) is 20.4. The summed E-state index contributed by atoms with van der Waals surface area (Å²) in [7, 11) is 1.64. The number of benzene rings is 1. The van der Waals surface area contributed by atoms with E-state index in [4.69, 9.17) is 0 Å². The maximum absolute atomic E-state index is 12.4. The van der Waals surface area contributed by atoms with Crippen LogP contribution in [-0.2, 0) is 9.59 Å². The molecule has 1 aliphatic rings. The molecule has 0 atom stereocenters. The van der Waals surface area contributed by atoms with Crippen LogP contribution >= 0.6 is 0 Å². The van der Waals surface area contributed by atoms with Crippen LogP contribution in [0.25, 0.3) is 6.08 Å². The first-order valence-corrected chi connectivity index (χ1v) is 9.75. The minimum atomic E-state index is -0.204. The fourth-order valence-electron chi connectivity index (χ4n) is 3.52. The monoisotopic (exact) mass is 379 g/mol. The molecular formula is C23H29N3O2. The number of carbonyl (C=O) groups is 2. The Kier molecular flexibility index (Phi) is 5.73. The highest BCUT2D eigenvalue weighted by Crippen LogP contribution is 2.38. The summed E-state index contributed by atoms with van der Waals surface area (Å²) in [5, 5.41) is 2.89. The molecular weight excluding hydrogens is 350 g/mol. The van der Waals surface area contributed by atoms with Gasteiger partial charge in [0.2, 0.25) is 11.8 Å². The van der Waals surface area contributed by atoms with Gasteiger partial charge in [0.1, 0.15) is 0 Å². The molecule has 1 N–H and O–H groups in total. The van der Waals surface area contributed by atoms with Gasteiger partial charge in [-0.2, -0.15) is 0 Å². The van der Waals surface area contributed by atoms with Crippen molar-refractivity contribution in [1.82, 2.24) is 9.47 Å².